The molecule has 1 aromatic rings. The number of aromatic carboxylic acids is 1. The number of carboxylic acid groups (broad SMARTS) is 1. The van der Waals surface area contributed by atoms with Gasteiger partial charge in [-0.1, -0.05) is 12.1 Å². The first-order valence-corrected chi connectivity index (χ1v) is 5.63. The molecule has 0 saturated heterocycles. The van der Waals surface area contributed by atoms with Gasteiger partial charge in [0.1, 0.15) is 11.4 Å². The van der Waals surface area contributed by atoms with Crippen LogP contribution in [-0.4, -0.2) is 40.5 Å². The van der Waals surface area contributed by atoms with Crippen molar-refractivity contribution in [2.45, 2.75) is 12.8 Å². The van der Waals surface area contributed by atoms with Gasteiger partial charge in [-0.3, -0.25) is 4.79 Å². The van der Waals surface area contributed by atoms with Crippen LogP contribution in [0, 0.1) is 0 Å². The van der Waals surface area contributed by atoms with E-state index in [0.717, 1.165) is 12.8 Å². The quantitative estimate of drug-likeness (QED) is 0.615. The average Bonchev–Trinajstić information content (AvgIpc) is 2.38. The number of nitrogens with zero attached hydrogens (tertiary/aromatic N) is 2. The van der Waals surface area contributed by atoms with Gasteiger partial charge in [-0.15, -0.1) is 6.58 Å². The minimum Gasteiger partial charge on any atom is -0.477 e. The standard InChI is InChI=1S/C13H16N2O3/c1-3-4-5-9-15(2)12(16)10-7-6-8-11(14-10)13(17)18/h3,6-8H,1,4-5,9H2,2H3,(H,17,18). The molecule has 1 amide bonds. The molecule has 18 heavy (non-hydrogen) atoms. The number of carbonyl (C=O) groups is 2. The summed E-state index contributed by atoms with van der Waals surface area (Å²) in [5, 5.41) is 8.80. The Hall–Kier alpha value is -2.17. The second-order valence-electron chi connectivity index (χ2n) is 3.87. The highest BCUT2D eigenvalue weighted by Crippen LogP contribution is 2.04. The number of pyridine rings is 1. The van der Waals surface area contributed by atoms with E-state index in [0.29, 0.717) is 6.54 Å². The molecule has 5 heteroatoms. The van der Waals surface area contributed by atoms with E-state index in [2.05, 4.69) is 11.6 Å². The lowest BCUT2D eigenvalue weighted by Gasteiger charge is -2.16. The van der Waals surface area contributed by atoms with Crippen molar-refractivity contribution in [1.29, 1.82) is 0 Å². The largest absolute Gasteiger partial charge is 0.477 e. The minimum atomic E-state index is -1.14. The number of hydrogen-bond acceptors (Lipinski definition) is 3. The van der Waals surface area contributed by atoms with Gasteiger partial charge < -0.3 is 10.0 Å². The van der Waals surface area contributed by atoms with Crippen LogP contribution in [-0.2, 0) is 0 Å². The normalized spacial score (nSPS) is 9.83. The Balaban J connectivity index is 2.73. The molecule has 0 aliphatic rings. The molecule has 96 valence electrons. The molecule has 0 atom stereocenters. The van der Waals surface area contributed by atoms with Gasteiger partial charge in [0.25, 0.3) is 5.91 Å². The highest BCUT2D eigenvalue weighted by atomic mass is 16.4. The Labute approximate surface area is 106 Å². The van der Waals surface area contributed by atoms with Crippen LogP contribution in [0.3, 0.4) is 0 Å². The van der Waals surface area contributed by atoms with Crippen LogP contribution in [0.1, 0.15) is 33.8 Å². The third-order valence-corrected chi connectivity index (χ3v) is 2.44. The Morgan fingerprint density at radius 1 is 1.44 bits per heavy atom. The molecular formula is C13H16N2O3. The summed E-state index contributed by atoms with van der Waals surface area (Å²) in [4.78, 5) is 28.1. The third kappa shape index (κ3) is 3.69. The zero-order valence-corrected chi connectivity index (χ0v) is 10.3. The fourth-order valence-corrected chi connectivity index (χ4v) is 1.44. The van der Waals surface area contributed by atoms with Crippen LogP contribution in [0.25, 0.3) is 0 Å². The summed E-state index contributed by atoms with van der Waals surface area (Å²) in [6.45, 7) is 4.20. The van der Waals surface area contributed by atoms with Gasteiger partial charge in [-0.05, 0) is 25.0 Å². The van der Waals surface area contributed by atoms with E-state index in [9.17, 15) is 9.59 Å². The molecule has 1 heterocycles. The number of amides is 1. The Kier molecular flexibility index (Phi) is 5.05. The Bertz CT molecular complexity index is 457. The predicted octanol–water partition coefficient (Wildman–Crippen LogP) is 1.82. The van der Waals surface area contributed by atoms with E-state index >= 15 is 0 Å². The molecule has 1 aromatic heterocycles. The number of carboxylic acids is 1. The zero-order valence-electron chi connectivity index (χ0n) is 10.3. The van der Waals surface area contributed by atoms with Crippen LogP contribution in [0.4, 0.5) is 0 Å². The number of unbranched alkanes of at least 4 members (excludes halogenated alkanes) is 1. The highest BCUT2D eigenvalue weighted by molar-refractivity contribution is 5.94. The number of carbonyl (C=O) groups excluding carboxylic acids is 1. The first-order chi connectivity index (χ1) is 8.56. The molecule has 0 radical (unpaired) electrons. The maximum atomic E-state index is 12.0. The van der Waals surface area contributed by atoms with Crippen molar-refractivity contribution in [2.24, 2.45) is 0 Å². The van der Waals surface area contributed by atoms with Crippen LogP contribution in [0.2, 0.25) is 0 Å². The molecule has 5 nitrogen and oxygen atoms in total. The number of allylic oxidation sites excluding steroid dienone is 1. The van der Waals surface area contributed by atoms with Crippen molar-refractivity contribution < 1.29 is 14.7 Å². The van der Waals surface area contributed by atoms with Gasteiger partial charge in [0.05, 0.1) is 0 Å². The summed E-state index contributed by atoms with van der Waals surface area (Å²) < 4.78 is 0. The predicted molar refractivity (Wildman–Crippen MR) is 67.6 cm³/mol. The summed E-state index contributed by atoms with van der Waals surface area (Å²) in [6.07, 6.45) is 3.45. The molecular weight excluding hydrogens is 232 g/mol. The van der Waals surface area contributed by atoms with Crippen molar-refractivity contribution in [2.75, 3.05) is 13.6 Å². The first kappa shape index (κ1) is 13.9. The van der Waals surface area contributed by atoms with Crippen molar-refractivity contribution in [3.63, 3.8) is 0 Å². The summed E-state index contributed by atoms with van der Waals surface area (Å²) in [6, 6.07) is 4.39. The van der Waals surface area contributed by atoms with Crippen molar-refractivity contribution >= 4 is 11.9 Å². The molecule has 0 unspecified atom stereocenters. The van der Waals surface area contributed by atoms with Crippen molar-refractivity contribution in [1.82, 2.24) is 9.88 Å². The molecule has 0 bridgehead atoms. The molecule has 0 aromatic carbocycles. The average molecular weight is 248 g/mol. The molecule has 0 fully saturated rings. The Morgan fingerprint density at radius 3 is 2.72 bits per heavy atom. The lowest BCUT2D eigenvalue weighted by atomic mass is 10.2. The van der Waals surface area contributed by atoms with E-state index in [-0.39, 0.29) is 17.3 Å². The van der Waals surface area contributed by atoms with E-state index in [1.165, 1.54) is 23.1 Å². The van der Waals surface area contributed by atoms with Gasteiger partial charge in [-0.25, -0.2) is 9.78 Å². The number of aromatic nitrogens is 1. The van der Waals surface area contributed by atoms with Gasteiger partial charge >= 0.3 is 5.97 Å². The van der Waals surface area contributed by atoms with Crippen LogP contribution < -0.4 is 0 Å². The summed E-state index contributed by atoms with van der Waals surface area (Å²) >= 11 is 0. The molecule has 1 rings (SSSR count). The van der Waals surface area contributed by atoms with Gasteiger partial charge in [0, 0.05) is 13.6 Å². The van der Waals surface area contributed by atoms with E-state index in [1.54, 1.807) is 13.1 Å². The highest BCUT2D eigenvalue weighted by Gasteiger charge is 2.14. The van der Waals surface area contributed by atoms with Crippen molar-refractivity contribution in [3.05, 3.63) is 42.2 Å². The zero-order chi connectivity index (χ0) is 13.5. The fraction of sp³-hybridized carbons (Fsp3) is 0.308. The summed E-state index contributed by atoms with van der Waals surface area (Å²) in [5.41, 5.74) is 0.0244. The van der Waals surface area contributed by atoms with E-state index in [4.69, 9.17) is 5.11 Å². The number of rotatable bonds is 6. The molecule has 0 aliphatic carbocycles. The smallest absolute Gasteiger partial charge is 0.354 e. The lowest BCUT2D eigenvalue weighted by Crippen LogP contribution is -2.28. The SMILES string of the molecule is C=CCCCN(C)C(=O)c1cccc(C(=O)O)n1. The molecule has 0 spiro atoms. The maximum Gasteiger partial charge on any atom is 0.354 e. The van der Waals surface area contributed by atoms with Crippen LogP contribution in [0.5, 0.6) is 0 Å². The minimum absolute atomic E-state index is 0.125. The summed E-state index contributed by atoms with van der Waals surface area (Å²) in [5.74, 6) is -1.42. The van der Waals surface area contributed by atoms with Gasteiger partial charge in [-0.2, -0.15) is 0 Å². The van der Waals surface area contributed by atoms with Gasteiger partial charge in [0.15, 0.2) is 0 Å². The second kappa shape index (κ2) is 6.54. The third-order valence-electron chi connectivity index (χ3n) is 2.44. The fourth-order valence-electron chi connectivity index (χ4n) is 1.44. The second-order valence-corrected chi connectivity index (χ2v) is 3.87. The first-order valence-electron chi connectivity index (χ1n) is 5.63. The maximum absolute atomic E-state index is 12.0. The summed E-state index contributed by atoms with van der Waals surface area (Å²) in [7, 11) is 1.67. The topological polar surface area (TPSA) is 70.5 Å². The monoisotopic (exact) mass is 248 g/mol. The van der Waals surface area contributed by atoms with Crippen LogP contribution in [0.15, 0.2) is 30.9 Å². The lowest BCUT2D eigenvalue weighted by molar-refractivity contribution is 0.0690. The van der Waals surface area contributed by atoms with E-state index in [1.807, 2.05) is 0 Å². The van der Waals surface area contributed by atoms with Crippen LogP contribution >= 0.6 is 0 Å². The molecule has 0 saturated carbocycles. The Morgan fingerprint density at radius 2 is 2.11 bits per heavy atom. The van der Waals surface area contributed by atoms with Crippen molar-refractivity contribution in [3.8, 4) is 0 Å². The van der Waals surface area contributed by atoms with Gasteiger partial charge in [0.2, 0.25) is 0 Å². The number of hydrogen-bond donors (Lipinski definition) is 1. The molecule has 0 aliphatic heterocycles. The van der Waals surface area contributed by atoms with E-state index < -0.39 is 5.97 Å². The molecule has 1 N–H and O–H groups in total.